The molecule has 0 radical (unpaired) electrons. The maximum atomic E-state index is 4.70. The zero-order chi connectivity index (χ0) is 17.3. The summed E-state index contributed by atoms with van der Waals surface area (Å²) in [4.78, 5) is 4.70. The summed E-state index contributed by atoms with van der Waals surface area (Å²) in [6.45, 7) is 8.82. The number of rotatable bonds is 3. The van der Waals surface area contributed by atoms with Crippen molar-refractivity contribution >= 4 is 11.5 Å². The van der Waals surface area contributed by atoms with Gasteiger partial charge in [-0.2, -0.15) is 5.10 Å². The van der Waals surface area contributed by atoms with Crippen molar-refractivity contribution in [3.8, 4) is 11.3 Å². The van der Waals surface area contributed by atoms with Crippen LogP contribution in [-0.4, -0.2) is 14.8 Å². The van der Waals surface area contributed by atoms with Gasteiger partial charge in [0.05, 0.1) is 11.9 Å². The molecule has 0 saturated heterocycles. The third-order valence-electron chi connectivity index (χ3n) is 4.10. The van der Waals surface area contributed by atoms with Gasteiger partial charge in [-0.15, -0.1) is 0 Å². The largest absolute Gasteiger partial charge is 0.340 e. The Hall–Kier alpha value is -2.62. The second-order valence-electron chi connectivity index (χ2n) is 7.22. The van der Waals surface area contributed by atoms with Gasteiger partial charge in [0.1, 0.15) is 5.82 Å². The summed E-state index contributed by atoms with van der Waals surface area (Å²) in [5.41, 5.74) is 5.72. The first-order valence-electron chi connectivity index (χ1n) is 8.17. The third-order valence-corrected chi connectivity index (χ3v) is 4.10. The quantitative estimate of drug-likeness (QED) is 0.751. The number of benzene rings is 1. The van der Waals surface area contributed by atoms with E-state index in [1.165, 1.54) is 11.1 Å². The first-order chi connectivity index (χ1) is 11.3. The molecule has 4 nitrogen and oxygen atoms in total. The lowest BCUT2D eigenvalue weighted by molar-refractivity contribution is 0.590. The number of hydrogen-bond acceptors (Lipinski definition) is 3. The lowest BCUT2D eigenvalue weighted by Gasteiger charge is -2.21. The van der Waals surface area contributed by atoms with Gasteiger partial charge in [0, 0.05) is 24.5 Å². The highest BCUT2D eigenvalue weighted by Crippen LogP contribution is 2.28. The second kappa shape index (κ2) is 6.11. The molecule has 1 N–H and O–H groups in total. The Morgan fingerprint density at radius 3 is 2.50 bits per heavy atom. The van der Waals surface area contributed by atoms with Gasteiger partial charge in [0.25, 0.3) is 0 Å². The molecule has 0 bridgehead atoms. The van der Waals surface area contributed by atoms with Crippen molar-refractivity contribution in [3.63, 3.8) is 0 Å². The van der Waals surface area contributed by atoms with Gasteiger partial charge in [-0.1, -0.05) is 39.0 Å². The van der Waals surface area contributed by atoms with Crippen LogP contribution in [0.1, 0.15) is 31.9 Å². The van der Waals surface area contributed by atoms with E-state index in [-0.39, 0.29) is 5.41 Å². The molecular weight excluding hydrogens is 296 g/mol. The average Bonchev–Trinajstić information content (AvgIpc) is 2.95. The molecule has 0 aliphatic carbocycles. The summed E-state index contributed by atoms with van der Waals surface area (Å²) in [5.74, 6) is 0.836. The highest BCUT2D eigenvalue weighted by molar-refractivity contribution is 5.65. The predicted octanol–water partition coefficient (Wildman–Crippen LogP) is 4.83. The van der Waals surface area contributed by atoms with Crippen molar-refractivity contribution in [2.75, 3.05) is 5.32 Å². The Balaban J connectivity index is 1.87. The van der Waals surface area contributed by atoms with Crippen LogP contribution in [0.15, 0.2) is 48.8 Å². The molecule has 0 aliphatic heterocycles. The smallest absolute Gasteiger partial charge is 0.131 e. The molecular formula is C20H24N4. The molecule has 2 heterocycles. The maximum Gasteiger partial charge on any atom is 0.131 e. The Bertz CT molecular complexity index is 856. The molecule has 0 amide bonds. The van der Waals surface area contributed by atoms with Crippen LogP contribution in [0, 0.1) is 6.92 Å². The molecule has 0 aliphatic rings. The molecule has 124 valence electrons. The van der Waals surface area contributed by atoms with Crippen molar-refractivity contribution in [2.45, 2.75) is 33.1 Å². The Labute approximate surface area is 143 Å². The molecule has 0 saturated carbocycles. The Kier molecular flexibility index (Phi) is 4.14. The van der Waals surface area contributed by atoms with E-state index < -0.39 is 0 Å². The highest BCUT2D eigenvalue weighted by Gasteiger charge is 2.14. The summed E-state index contributed by atoms with van der Waals surface area (Å²) in [6, 6.07) is 12.5. The third kappa shape index (κ3) is 3.48. The van der Waals surface area contributed by atoms with Crippen LogP contribution < -0.4 is 5.32 Å². The van der Waals surface area contributed by atoms with E-state index in [4.69, 9.17) is 4.98 Å². The second-order valence-corrected chi connectivity index (χ2v) is 7.22. The molecule has 0 spiro atoms. The highest BCUT2D eigenvalue weighted by atomic mass is 15.2. The maximum absolute atomic E-state index is 4.70. The first-order valence-corrected chi connectivity index (χ1v) is 8.17. The van der Waals surface area contributed by atoms with Crippen LogP contribution in [0.3, 0.4) is 0 Å². The van der Waals surface area contributed by atoms with Gasteiger partial charge in [0.15, 0.2) is 0 Å². The molecule has 3 rings (SSSR count). The van der Waals surface area contributed by atoms with E-state index in [2.05, 4.69) is 56.3 Å². The number of aryl methyl sites for hydroxylation is 2. The molecule has 4 heteroatoms. The fraction of sp³-hybridized carbons (Fsp3) is 0.300. The van der Waals surface area contributed by atoms with Crippen molar-refractivity contribution in [3.05, 3.63) is 59.9 Å². The van der Waals surface area contributed by atoms with Crippen molar-refractivity contribution < 1.29 is 0 Å². The molecule has 24 heavy (non-hydrogen) atoms. The van der Waals surface area contributed by atoms with Crippen molar-refractivity contribution in [2.24, 2.45) is 7.05 Å². The van der Waals surface area contributed by atoms with Crippen LogP contribution in [0.2, 0.25) is 0 Å². The van der Waals surface area contributed by atoms with Gasteiger partial charge < -0.3 is 5.32 Å². The van der Waals surface area contributed by atoms with Gasteiger partial charge in [-0.05, 0) is 41.7 Å². The first kappa shape index (κ1) is 16.2. The number of aromatic nitrogens is 3. The molecule has 0 unspecified atom stereocenters. The van der Waals surface area contributed by atoms with E-state index in [9.17, 15) is 0 Å². The number of anilines is 2. The predicted molar refractivity (Wildman–Crippen MR) is 99.6 cm³/mol. The molecule has 0 atom stereocenters. The van der Waals surface area contributed by atoms with Crippen molar-refractivity contribution in [1.29, 1.82) is 0 Å². The van der Waals surface area contributed by atoms with Gasteiger partial charge >= 0.3 is 0 Å². The number of nitrogens with zero attached hydrogens (tertiary/aromatic N) is 3. The summed E-state index contributed by atoms with van der Waals surface area (Å²) in [7, 11) is 1.91. The number of nitrogens with one attached hydrogen (secondary N) is 1. The normalized spacial score (nSPS) is 11.5. The number of pyridine rings is 1. The SMILES string of the molecule is Cc1cc(C(C)(C)C)ccc1Nc1cccc(-c2cnn(C)c2)n1. The van der Waals surface area contributed by atoms with Crippen molar-refractivity contribution in [1.82, 2.24) is 14.8 Å². The lowest BCUT2D eigenvalue weighted by atomic mass is 9.86. The van der Waals surface area contributed by atoms with Gasteiger partial charge in [-0.3, -0.25) is 4.68 Å². The van der Waals surface area contributed by atoms with Crippen LogP contribution >= 0.6 is 0 Å². The minimum Gasteiger partial charge on any atom is -0.340 e. The summed E-state index contributed by atoms with van der Waals surface area (Å²) < 4.78 is 1.78. The average molecular weight is 320 g/mol. The minimum atomic E-state index is 0.155. The fourth-order valence-corrected chi connectivity index (χ4v) is 2.63. The molecule has 3 aromatic rings. The topological polar surface area (TPSA) is 42.7 Å². The van der Waals surface area contributed by atoms with Gasteiger partial charge in [-0.25, -0.2) is 4.98 Å². The monoisotopic (exact) mass is 320 g/mol. The molecule has 0 fully saturated rings. The molecule has 1 aromatic carbocycles. The standard InChI is InChI=1S/C20H24N4/c1-14-11-16(20(2,3)4)9-10-17(14)22-19-8-6-7-18(23-19)15-12-21-24(5)13-15/h6-13H,1-5H3,(H,22,23). The van der Waals surface area contributed by atoms with Crippen LogP contribution in [0.4, 0.5) is 11.5 Å². The van der Waals surface area contributed by atoms with Gasteiger partial charge in [0.2, 0.25) is 0 Å². The minimum absolute atomic E-state index is 0.155. The lowest BCUT2D eigenvalue weighted by Crippen LogP contribution is -2.11. The zero-order valence-corrected chi connectivity index (χ0v) is 15.0. The van der Waals surface area contributed by atoms with E-state index in [0.717, 1.165) is 22.8 Å². The van der Waals surface area contributed by atoms with E-state index in [1.807, 2.05) is 37.6 Å². The summed E-state index contributed by atoms with van der Waals surface area (Å²) in [6.07, 6.45) is 3.80. The van der Waals surface area contributed by atoms with Crippen LogP contribution in [0.5, 0.6) is 0 Å². The van der Waals surface area contributed by atoms with E-state index >= 15 is 0 Å². The Morgan fingerprint density at radius 2 is 1.88 bits per heavy atom. The Morgan fingerprint density at radius 1 is 1.08 bits per heavy atom. The summed E-state index contributed by atoms with van der Waals surface area (Å²) in [5, 5.41) is 7.64. The fourth-order valence-electron chi connectivity index (χ4n) is 2.63. The summed E-state index contributed by atoms with van der Waals surface area (Å²) >= 11 is 0. The van der Waals surface area contributed by atoms with Crippen LogP contribution in [0.25, 0.3) is 11.3 Å². The zero-order valence-electron chi connectivity index (χ0n) is 15.0. The van der Waals surface area contributed by atoms with E-state index in [1.54, 1.807) is 4.68 Å². The number of hydrogen-bond donors (Lipinski definition) is 1. The molecule has 2 aromatic heterocycles. The van der Waals surface area contributed by atoms with E-state index in [0.29, 0.717) is 0 Å². The van der Waals surface area contributed by atoms with Crippen LogP contribution in [-0.2, 0) is 12.5 Å².